The third-order valence-corrected chi connectivity index (χ3v) is 7.02. The van der Waals surface area contributed by atoms with Gasteiger partial charge in [0.15, 0.2) is 0 Å². The molecule has 6 heteroatoms. The van der Waals surface area contributed by atoms with Crippen molar-refractivity contribution in [2.24, 2.45) is 0 Å². The number of phenols is 1. The number of nitrogens with zero attached hydrogens (tertiary/aromatic N) is 1. The van der Waals surface area contributed by atoms with Gasteiger partial charge in [0.05, 0.1) is 4.92 Å². The Labute approximate surface area is 197 Å². The number of nitro groups is 1. The number of non-ortho nitro benzene ring substituents is 1. The summed E-state index contributed by atoms with van der Waals surface area (Å²) in [5.41, 5.74) is 3.42. The molecule has 0 aromatic heterocycles. The minimum atomic E-state index is -0.458. The van der Waals surface area contributed by atoms with Crippen LogP contribution < -0.4 is 9.47 Å². The molecule has 2 aromatic carbocycles. The number of ether oxygens (including phenoxy) is 2. The molecule has 0 saturated carbocycles. The lowest BCUT2D eigenvalue weighted by atomic mass is 9.83. The van der Waals surface area contributed by atoms with Crippen LogP contribution in [0.5, 0.6) is 17.2 Å². The summed E-state index contributed by atoms with van der Waals surface area (Å²) in [5.74, 6) is 1.85. The topological polar surface area (TPSA) is 81.8 Å². The van der Waals surface area contributed by atoms with Crippen LogP contribution in [0.15, 0.2) is 24.3 Å². The van der Waals surface area contributed by atoms with Crippen LogP contribution in [0.1, 0.15) is 80.5 Å². The molecular formula is C27H37NO5. The molecule has 0 radical (unpaired) electrons. The van der Waals surface area contributed by atoms with Gasteiger partial charge in [-0.1, -0.05) is 39.0 Å². The zero-order valence-corrected chi connectivity index (χ0v) is 20.4. The van der Waals surface area contributed by atoms with Gasteiger partial charge in [0.25, 0.3) is 5.69 Å². The van der Waals surface area contributed by atoms with Crippen molar-refractivity contribution in [1.82, 2.24) is 0 Å². The first kappa shape index (κ1) is 24.9. The Balaban J connectivity index is 1.78. The summed E-state index contributed by atoms with van der Waals surface area (Å²) in [6.45, 7) is 8.50. The molecule has 1 heterocycles. The molecular weight excluding hydrogens is 418 g/mol. The van der Waals surface area contributed by atoms with Gasteiger partial charge < -0.3 is 14.6 Å². The molecule has 0 fully saturated rings. The highest BCUT2D eigenvalue weighted by Gasteiger charge is 2.39. The molecule has 0 saturated heterocycles. The van der Waals surface area contributed by atoms with Crippen LogP contribution in [0, 0.1) is 30.9 Å². The predicted octanol–water partition coefficient (Wildman–Crippen LogP) is 7.12. The molecule has 0 amide bonds. The molecule has 0 spiro atoms. The second kappa shape index (κ2) is 10.9. The maximum Gasteiger partial charge on any atom is 0.269 e. The van der Waals surface area contributed by atoms with Crippen molar-refractivity contribution in [3.05, 3.63) is 56.6 Å². The van der Waals surface area contributed by atoms with E-state index in [9.17, 15) is 15.2 Å². The Hall–Kier alpha value is -2.76. The molecule has 1 unspecified atom stereocenters. The second-order valence-corrected chi connectivity index (χ2v) is 9.37. The number of benzene rings is 2. The number of hydrogen-bond donors (Lipinski definition) is 1. The van der Waals surface area contributed by atoms with E-state index in [2.05, 4.69) is 6.92 Å². The standard InChI is InChI=1S/C27H37NO5/c1-5-6-7-8-9-10-16-27(18-32-23-13-11-22(12-14-23)28(30)31)17-15-24-21(4)25(29)19(2)20(3)26(24)33-27/h11-14,29H,5-10,15-18H2,1-4H3. The smallest absolute Gasteiger partial charge is 0.269 e. The third-order valence-electron chi connectivity index (χ3n) is 7.02. The van der Waals surface area contributed by atoms with E-state index in [-0.39, 0.29) is 5.69 Å². The molecule has 33 heavy (non-hydrogen) atoms. The van der Waals surface area contributed by atoms with Gasteiger partial charge in [-0.2, -0.15) is 0 Å². The van der Waals surface area contributed by atoms with Crippen LogP contribution in [-0.4, -0.2) is 22.2 Å². The lowest BCUT2D eigenvalue weighted by Gasteiger charge is -2.40. The van der Waals surface area contributed by atoms with Crippen LogP contribution in [0.2, 0.25) is 0 Å². The summed E-state index contributed by atoms with van der Waals surface area (Å²) < 4.78 is 12.9. The molecule has 1 N–H and O–H groups in total. The van der Waals surface area contributed by atoms with Crippen molar-refractivity contribution in [2.75, 3.05) is 6.61 Å². The molecule has 3 rings (SSSR count). The minimum absolute atomic E-state index is 0.0494. The van der Waals surface area contributed by atoms with Crippen LogP contribution in [0.3, 0.4) is 0 Å². The van der Waals surface area contributed by atoms with E-state index in [4.69, 9.17) is 9.47 Å². The lowest BCUT2D eigenvalue weighted by molar-refractivity contribution is -0.384. The Morgan fingerprint density at radius 2 is 1.70 bits per heavy atom. The summed E-state index contributed by atoms with van der Waals surface area (Å²) >= 11 is 0. The molecule has 0 aliphatic carbocycles. The summed E-state index contributed by atoms with van der Waals surface area (Å²) in [6.07, 6.45) is 9.78. The molecule has 2 aromatic rings. The number of aromatic hydroxyl groups is 1. The minimum Gasteiger partial charge on any atom is -0.507 e. The first-order valence-corrected chi connectivity index (χ1v) is 12.2. The van der Waals surface area contributed by atoms with E-state index in [1.807, 2.05) is 20.8 Å². The Morgan fingerprint density at radius 1 is 1.03 bits per heavy atom. The van der Waals surface area contributed by atoms with Crippen molar-refractivity contribution < 1.29 is 19.5 Å². The van der Waals surface area contributed by atoms with Gasteiger partial charge in [-0.25, -0.2) is 0 Å². The van der Waals surface area contributed by atoms with Crippen LogP contribution in [0.25, 0.3) is 0 Å². The maximum absolute atomic E-state index is 10.9. The van der Waals surface area contributed by atoms with E-state index in [1.54, 1.807) is 12.1 Å². The summed E-state index contributed by atoms with van der Waals surface area (Å²) in [4.78, 5) is 10.5. The normalized spacial score (nSPS) is 17.3. The van der Waals surface area contributed by atoms with Gasteiger partial charge in [-0.05, 0) is 75.3 Å². The zero-order chi connectivity index (χ0) is 24.0. The van der Waals surface area contributed by atoms with E-state index < -0.39 is 10.5 Å². The van der Waals surface area contributed by atoms with Gasteiger partial charge >= 0.3 is 0 Å². The monoisotopic (exact) mass is 455 g/mol. The van der Waals surface area contributed by atoms with Crippen molar-refractivity contribution in [3.8, 4) is 17.2 Å². The molecule has 180 valence electrons. The Morgan fingerprint density at radius 3 is 2.36 bits per heavy atom. The molecule has 1 aliphatic rings. The fraction of sp³-hybridized carbons (Fsp3) is 0.556. The van der Waals surface area contributed by atoms with Crippen molar-refractivity contribution in [1.29, 1.82) is 0 Å². The number of rotatable bonds is 11. The maximum atomic E-state index is 10.9. The van der Waals surface area contributed by atoms with Crippen LogP contribution in [-0.2, 0) is 6.42 Å². The van der Waals surface area contributed by atoms with E-state index in [0.29, 0.717) is 18.1 Å². The molecule has 0 bridgehead atoms. The quantitative estimate of drug-likeness (QED) is 0.222. The third kappa shape index (κ3) is 5.79. The van der Waals surface area contributed by atoms with Gasteiger partial charge in [-0.3, -0.25) is 10.1 Å². The zero-order valence-electron chi connectivity index (χ0n) is 20.4. The first-order valence-electron chi connectivity index (χ1n) is 12.2. The van der Waals surface area contributed by atoms with Crippen LogP contribution >= 0.6 is 0 Å². The summed E-state index contributed by atoms with van der Waals surface area (Å²) in [6, 6.07) is 6.22. The number of hydrogen-bond acceptors (Lipinski definition) is 5. The predicted molar refractivity (Wildman–Crippen MR) is 131 cm³/mol. The Bertz CT molecular complexity index is 970. The number of fused-ring (bicyclic) bond motifs is 1. The largest absolute Gasteiger partial charge is 0.507 e. The lowest BCUT2D eigenvalue weighted by Crippen LogP contribution is -2.45. The number of nitro benzene ring substituents is 1. The number of unbranched alkanes of at least 4 members (excludes halogenated alkanes) is 5. The van der Waals surface area contributed by atoms with Gasteiger partial charge in [0.2, 0.25) is 0 Å². The molecule has 1 aliphatic heterocycles. The van der Waals surface area contributed by atoms with Gasteiger partial charge in [0.1, 0.15) is 29.5 Å². The van der Waals surface area contributed by atoms with E-state index in [1.165, 1.54) is 44.2 Å². The fourth-order valence-electron chi connectivity index (χ4n) is 4.68. The van der Waals surface area contributed by atoms with Crippen molar-refractivity contribution in [2.45, 2.75) is 91.1 Å². The second-order valence-electron chi connectivity index (χ2n) is 9.37. The van der Waals surface area contributed by atoms with E-state index >= 15 is 0 Å². The fourth-order valence-corrected chi connectivity index (χ4v) is 4.68. The van der Waals surface area contributed by atoms with Crippen LogP contribution in [0.4, 0.5) is 5.69 Å². The van der Waals surface area contributed by atoms with Gasteiger partial charge in [-0.15, -0.1) is 0 Å². The summed E-state index contributed by atoms with van der Waals surface area (Å²) in [7, 11) is 0. The molecule has 1 atom stereocenters. The van der Waals surface area contributed by atoms with Crippen molar-refractivity contribution in [3.63, 3.8) is 0 Å². The van der Waals surface area contributed by atoms with E-state index in [0.717, 1.165) is 53.7 Å². The Kier molecular flexibility index (Phi) is 8.22. The average Bonchev–Trinajstić information content (AvgIpc) is 2.82. The highest BCUT2D eigenvalue weighted by molar-refractivity contribution is 5.58. The van der Waals surface area contributed by atoms with Crippen molar-refractivity contribution >= 4 is 5.69 Å². The highest BCUT2D eigenvalue weighted by Crippen LogP contribution is 2.44. The SMILES string of the molecule is CCCCCCCCC1(COc2ccc([N+](=O)[O-])cc2)CCc2c(C)c(O)c(C)c(C)c2O1. The average molecular weight is 456 g/mol. The molecule has 6 nitrogen and oxygen atoms in total. The summed E-state index contributed by atoms with van der Waals surface area (Å²) in [5, 5.41) is 21.4. The first-order chi connectivity index (χ1) is 15.8. The highest BCUT2D eigenvalue weighted by atomic mass is 16.6. The van der Waals surface area contributed by atoms with Gasteiger partial charge in [0, 0.05) is 17.7 Å². The number of phenolic OH excluding ortho intramolecular Hbond substituents is 1.